The summed E-state index contributed by atoms with van der Waals surface area (Å²) in [7, 11) is 0. The Labute approximate surface area is 109 Å². The molecule has 6 heteroatoms. The van der Waals surface area contributed by atoms with Crippen LogP contribution in [-0.2, 0) is 9.53 Å². The van der Waals surface area contributed by atoms with Crippen LogP contribution in [0.5, 0.6) is 0 Å². The molecule has 0 bridgehead atoms. The number of halogens is 1. The number of esters is 1. The molecule has 19 heavy (non-hydrogen) atoms. The van der Waals surface area contributed by atoms with Gasteiger partial charge in [-0.2, -0.15) is 0 Å². The van der Waals surface area contributed by atoms with Crippen LogP contribution >= 0.6 is 0 Å². The number of carbonyl (C=O) groups excluding carboxylic acids is 2. The van der Waals surface area contributed by atoms with Gasteiger partial charge in [-0.15, -0.1) is 0 Å². The molecule has 0 saturated heterocycles. The highest BCUT2D eigenvalue weighted by atomic mass is 19.1. The molecule has 2 rings (SSSR count). The molecule has 0 aliphatic carbocycles. The molecule has 1 N–H and O–H groups in total. The van der Waals surface area contributed by atoms with Gasteiger partial charge in [0.2, 0.25) is 0 Å². The van der Waals surface area contributed by atoms with Crippen molar-refractivity contribution in [3.05, 3.63) is 35.6 Å². The van der Waals surface area contributed by atoms with Gasteiger partial charge in [-0.3, -0.25) is 4.79 Å². The summed E-state index contributed by atoms with van der Waals surface area (Å²) in [6.45, 7) is 1.94. The summed E-state index contributed by atoms with van der Waals surface area (Å²) >= 11 is 0. The summed E-state index contributed by atoms with van der Waals surface area (Å²) in [6, 6.07) is 4.46. The second-order valence-electron chi connectivity index (χ2n) is 4.03. The van der Waals surface area contributed by atoms with Gasteiger partial charge < -0.3 is 10.1 Å². The molecule has 2 atom stereocenters. The summed E-state index contributed by atoms with van der Waals surface area (Å²) in [6.07, 6.45) is 1.27. The van der Waals surface area contributed by atoms with Crippen LogP contribution in [0, 0.1) is 11.7 Å². The monoisotopic (exact) mass is 264 g/mol. The van der Waals surface area contributed by atoms with Crippen molar-refractivity contribution >= 4 is 18.2 Å². The Morgan fingerprint density at radius 3 is 2.74 bits per heavy atom. The van der Waals surface area contributed by atoms with Gasteiger partial charge in [-0.25, -0.2) is 14.2 Å². The average molecular weight is 264 g/mol. The smallest absolute Gasteiger partial charge is 0.341 e. The summed E-state index contributed by atoms with van der Waals surface area (Å²) in [5.74, 6) is -1.56. The van der Waals surface area contributed by atoms with E-state index in [2.05, 4.69) is 10.3 Å². The molecular weight excluding hydrogens is 251 g/mol. The Bertz CT molecular complexity index is 513. The lowest BCUT2D eigenvalue weighted by atomic mass is 9.93. The molecule has 100 valence electrons. The highest BCUT2D eigenvalue weighted by Gasteiger charge is 2.33. The van der Waals surface area contributed by atoms with Crippen LogP contribution in [0.3, 0.4) is 0 Å². The third-order valence-electron chi connectivity index (χ3n) is 2.78. The van der Waals surface area contributed by atoms with Gasteiger partial charge in [0.25, 0.3) is 0 Å². The molecule has 1 aromatic rings. The van der Waals surface area contributed by atoms with E-state index in [1.165, 1.54) is 30.5 Å². The van der Waals surface area contributed by atoms with Crippen LogP contribution < -0.4 is 5.32 Å². The number of ether oxygens (including phenoxy) is 1. The predicted octanol–water partition coefficient (Wildman–Crippen LogP) is 1.84. The number of nitrogens with zero attached hydrogens (tertiary/aromatic N) is 1. The second kappa shape index (κ2) is 5.60. The van der Waals surface area contributed by atoms with E-state index < -0.39 is 24.0 Å². The van der Waals surface area contributed by atoms with Gasteiger partial charge in [0.15, 0.2) is 0 Å². The van der Waals surface area contributed by atoms with Crippen LogP contribution in [0.1, 0.15) is 18.5 Å². The topological polar surface area (TPSA) is 67.8 Å². The number of nitrogens with one attached hydrogen (secondary N) is 1. The zero-order chi connectivity index (χ0) is 13.8. The minimum atomic E-state index is -0.705. The van der Waals surface area contributed by atoms with Crippen LogP contribution in [0.25, 0.3) is 0 Å². The first-order valence-corrected chi connectivity index (χ1v) is 5.88. The molecule has 0 spiro atoms. The normalized spacial score (nSPS) is 21.9. The number of rotatable bonds is 3. The van der Waals surface area contributed by atoms with Crippen molar-refractivity contribution in [1.82, 2.24) is 5.32 Å². The van der Waals surface area contributed by atoms with E-state index in [0.717, 1.165) is 0 Å². The van der Waals surface area contributed by atoms with E-state index in [-0.39, 0.29) is 12.4 Å². The Balaban J connectivity index is 2.29. The highest BCUT2D eigenvalue weighted by Crippen LogP contribution is 2.25. The van der Waals surface area contributed by atoms with E-state index in [9.17, 15) is 14.0 Å². The predicted molar refractivity (Wildman–Crippen MR) is 66.3 cm³/mol. The van der Waals surface area contributed by atoms with Crippen molar-refractivity contribution in [1.29, 1.82) is 0 Å². The van der Waals surface area contributed by atoms with Crippen molar-refractivity contribution in [2.75, 3.05) is 6.61 Å². The fourth-order valence-corrected chi connectivity index (χ4v) is 1.89. The second-order valence-corrected chi connectivity index (χ2v) is 4.03. The molecule has 5 nitrogen and oxygen atoms in total. The molecule has 1 aromatic carbocycles. The molecule has 0 radical (unpaired) electrons. The van der Waals surface area contributed by atoms with E-state index in [4.69, 9.17) is 4.74 Å². The first-order valence-electron chi connectivity index (χ1n) is 5.88. The molecule has 1 aliphatic rings. The van der Waals surface area contributed by atoms with Gasteiger partial charge in [0, 0.05) is 6.21 Å². The van der Waals surface area contributed by atoms with Gasteiger partial charge in [-0.1, -0.05) is 12.1 Å². The molecular formula is C13H13FN2O3. The third-order valence-corrected chi connectivity index (χ3v) is 2.78. The van der Waals surface area contributed by atoms with Gasteiger partial charge in [0.1, 0.15) is 11.7 Å². The van der Waals surface area contributed by atoms with Crippen molar-refractivity contribution in [3.8, 4) is 0 Å². The highest BCUT2D eigenvalue weighted by molar-refractivity contribution is 5.98. The van der Waals surface area contributed by atoms with E-state index in [1.54, 1.807) is 6.92 Å². The summed E-state index contributed by atoms with van der Waals surface area (Å²) in [5, 5.41) is 2.58. The Morgan fingerprint density at radius 1 is 1.42 bits per heavy atom. The quantitative estimate of drug-likeness (QED) is 0.847. The Kier molecular flexibility index (Phi) is 3.89. The summed E-state index contributed by atoms with van der Waals surface area (Å²) in [5.41, 5.74) is 0.624. The number of urea groups is 1. The lowest BCUT2D eigenvalue weighted by Gasteiger charge is -2.26. The van der Waals surface area contributed by atoms with Crippen LogP contribution in [0.2, 0.25) is 0 Å². The fourth-order valence-electron chi connectivity index (χ4n) is 1.89. The first kappa shape index (κ1) is 13.2. The molecule has 0 fully saturated rings. The van der Waals surface area contributed by atoms with Crippen molar-refractivity contribution in [2.24, 2.45) is 10.9 Å². The largest absolute Gasteiger partial charge is 0.465 e. The van der Waals surface area contributed by atoms with Gasteiger partial charge in [-0.05, 0) is 24.6 Å². The molecule has 0 aromatic heterocycles. The summed E-state index contributed by atoms with van der Waals surface area (Å²) in [4.78, 5) is 26.7. The zero-order valence-electron chi connectivity index (χ0n) is 10.3. The first-order chi connectivity index (χ1) is 9.11. The Hall–Kier alpha value is -2.24. The lowest BCUT2D eigenvalue weighted by molar-refractivity contribution is -0.146. The summed E-state index contributed by atoms with van der Waals surface area (Å²) < 4.78 is 17.8. The number of hydrogen-bond donors (Lipinski definition) is 1. The van der Waals surface area contributed by atoms with Gasteiger partial charge in [0.05, 0.1) is 12.6 Å². The standard InChI is InChI=1S/C13H13FN2O3/c1-2-19-12(17)10-7-15-13(18)16-11(10)8-3-5-9(14)6-4-8/h3-7,10-11H,2H2,1H3,(H,16,18). The average Bonchev–Trinajstić information content (AvgIpc) is 2.39. The maximum atomic E-state index is 12.9. The number of carbonyl (C=O) groups is 2. The lowest BCUT2D eigenvalue weighted by Crippen LogP contribution is -2.41. The Morgan fingerprint density at radius 2 is 2.11 bits per heavy atom. The molecule has 2 amide bonds. The molecule has 1 heterocycles. The van der Waals surface area contributed by atoms with Crippen LogP contribution in [-0.4, -0.2) is 24.8 Å². The number of amides is 2. The van der Waals surface area contributed by atoms with Crippen molar-refractivity contribution in [3.63, 3.8) is 0 Å². The third kappa shape index (κ3) is 2.96. The number of hydrogen-bond acceptors (Lipinski definition) is 3. The van der Waals surface area contributed by atoms with Crippen LogP contribution in [0.4, 0.5) is 9.18 Å². The van der Waals surface area contributed by atoms with E-state index >= 15 is 0 Å². The number of benzene rings is 1. The van der Waals surface area contributed by atoms with Crippen molar-refractivity contribution in [2.45, 2.75) is 13.0 Å². The van der Waals surface area contributed by atoms with Crippen LogP contribution in [0.15, 0.2) is 29.3 Å². The van der Waals surface area contributed by atoms with E-state index in [0.29, 0.717) is 5.56 Å². The SMILES string of the molecule is CCOC(=O)C1C=NC(=O)NC1c1ccc(F)cc1. The number of aliphatic imine (C=N–C) groups is 1. The maximum absolute atomic E-state index is 12.9. The van der Waals surface area contributed by atoms with E-state index in [1.807, 2.05) is 0 Å². The minimum absolute atomic E-state index is 0.243. The fraction of sp³-hybridized carbons (Fsp3) is 0.308. The van der Waals surface area contributed by atoms with Gasteiger partial charge >= 0.3 is 12.0 Å². The maximum Gasteiger partial charge on any atom is 0.341 e. The minimum Gasteiger partial charge on any atom is -0.465 e. The molecule has 2 unspecified atom stereocenters. The zero-order valence-corrected chi connectivity index (χ0v) is 10.3. The van der Waals surface area contributed by atoms with Crippen molar-refractivity contribution < 1.29 is 18.7 Å². The molecule has 1 aliphatic heterocycles. The molecule has 0 saturated carbocycles.